The minimum absolute atomic E-state index is 0.0542. The van der Waals surface area contributed by atoms with E-state index in [0.717, 1.165) is 0 Å². The predicted molar refractivity (Wildman–Crippen MR) is 37.3 cm³/mol. The van der Waals surface area contributed by atoms with Crippen LogP contribution in [0.5, 0.6) is 0 Å². The van der Waals surface area contributed by atoms with Crippen LogP contribution >= 0.6 is 0 Å². The van der Waals surface area contributed by atoms with E-state index in [2.05, 4.69) is 15.1 Å². The highest BCUT2D eigenvalue weighted by Crippen LogP contribution is 1.81. The average molecular weight is 165 g/mol. The van der Waals surface area contributed by atoms with Gasteiger partial charge in [0.15, 0.2) is 0 Å². The lowest BCUT2D eigenvalue weighted by Gasteiger charge is -2.29. The Hall–Kier alpha value is -0.280. The number of hydroxylamine groups is 2. The van der Waals surface area contributed by atoms with E-state index in [1.807, 2.05) is 0 Å². The molecule has 0 aliphatic heterocycles. The quantitative estimate of drug-likeness (QED) is 0.516. The topological polar surface area (TPSA) is 83.1 Å². The normalized spacial score (nSPS) is 11.5. The zero-order chi connectivity index (χ0) is 8.69. The molecule has 0 bridgehead atoms. The third-order valence-electron chi connectivity index (χ3n) is 0.905. The number of hydrogen-bond acceptors (Lipinski definition) is 7. The summed E-state index contributed by atoms with van der Waals surface area (Å²) in [5.41, 5.74) is 2.23. The van der Waals surface area contributed by atoms with Crippen molar-refractivity contribution >= 4 is 0 Å². The monoisotopic (exact) mass is 165 g/mol. The lowest BCUT2D eigenvalue weighted by Crippen LogP contribution is -2.37. The summed E-state index contributed by atoms with van der Waals surface area (Å²) in [5, 5.41) is 21.2. The second-order valence-corrected chi connectivity index (χ2v) is 1.59. The van der Waals surface area contributed by atoms with E-state index in [4.69, 9.17) is 0 Å². The van der Waals surface area contributed by atoms with Gasteiger partial charge in [0.1, 0.15) is 0 Å². The van der Waals surface area contributed by atoms with Crippen molar-refractivity contribution in [2.45, 2.75) is 0 Å². The molecule has 0 aliphatic carbocycles. The Kier molecular flexibility index (Phi) is 6.27. The Bertz CT molecular complexity index is 83.4. The molecular weight excluding hydrogens is 154 g/mol. The molecule has 7 heteroatoms. The van der Waals surface area contributed by atoms with E-state index >= 15 is 0 Å². The smallest absolute Gasteiger partial charge is 0.0579 e. The maximum atomic E-state index is 10.4. The molecule has 11 heavy (non-hydrogen) atoms. The highest BCUT2D eigenvalue weighted by atomic mass is 16.9. The van der Waals surface area contributed by atoms with Crippen molar-refractivity contribution < 1.29 is 9.68 Å². The van der Waals surface area contributed by atoms with Crippen LogP contribution in [0.4, 0.5) is 0 Å². The van der Waals surface area contributed by atoms with Gasteiger partial charge in [0.05, 0.1) is 14.2 Å². The molecule has 0 unspecified atom stereocenters. The van der Waals surface area contributed by atoms with Crippen molar-refractivity contribution in [3.8, 4) is 0 Å². The average Bonchev–Trinajstić information content (AvgIpc) is 2.04. The summed E-state index contributed by atoms with van der Waals surface area (Å²) in [6.45, 7) is 0.216. The van der Waals surface area contributed by atoms with E-state index < -0.39 is 0 Å². The first-order valence-corrected chi connectivity index (χ1v) is 2.94. The van der Waals surface area contributed by atoms with Gasteiger partial charge in [-0.3, -0.25) is 10.1 Å². The molecule has 0 heterocycles. The van der Waals surface area contributed by atoms with Crippen LogP contribution in [-0.2, 0) is 9.68 Å². The lowest BCUT2D eigenvalue weighted by molar-refractivity contribution is -0.138. The van der Waals surface area contributed by atoms with Gasteiger partial charge in [-0.2, -0.15) is 5.34 Å². The molecule has 68 valence electrons. The highest BCUT2D eigenvalue weighted by molar-refractivity contribution is 4.46. The summed E-state index contributed by atoms with van der Waals surface area (Å²) in [5.74, 6) is 0. The maximum Gasteiger partial charge on any atom is 0.0579 e. The van der Waals surface area contributed by atoms with Crippen LogP contribution < -0.4 is 5.43 Å². The molecular formula is C4H11N3O4-2. The van der Waals surface area contributed by atoms with E-state index in [0.29, 0.717) is 5.23 Å². The van der Waals surface area contributed by atoms with Gasteiger partial charge in [-0.1, -0.05) is 0 Å². The summed E-state index contributed by atoms with van der Waals surface area (Å²) in [4.78, 5) is 8.41. The Morgan fingerprint density at radius 1 is 1.27 bits per heavy atom. The van der Waals surface area contributed by atoms with E-state index in [1.54, 1.807) is 0 Å². The Morgan fingerprint density at radius 3 is 2.36 bits per heavy atom. The molecule has 0 fully saturated rings. The van der Waals surface area contributed by atoms with Gasteiger partial charge in [-0.15, -0.1) is 0 Å². The molecule has 0 aromatic rings. The first-order valence-electron chi connectivity index (χ1n) is 2.94. The molecule has 1 N–H and O–H groups in total. The van der Waals surface area contributed by atoms with Crippen LogP contribution in [-0.4, -0.2) is 37.9 Å². The van der Waals surface area contributed by atoms with Crippen molar-refractivity contribution in [3.05, 3.63) is 10.4 Å². The summed E-state index contributed by atoms with van der Waals surface area (Å²) < 4.78 is 0. The summed E-state index contributed by atoms with van der Waals surface area (Å²) in [7, 11) is 2.46. The molecule has 7 nitrogen and oxygen atoms in total. The number of nitrogens with zero attached hydrogens (tertiary/aromatic N) is 2. The second kappa shape index (κ2) is 6.43. The fourth-order valence-corrected chi connectivity index (χ4v) is 0.388. The van der Waals surface area contributed by atoms with Crippen LogP contribution in [0.2, 0.25) is 0 Å². The first-order chi connectivity index (χ1) is 5.20. The molecule has 0 aromatic heterocycles. The van der Waals surface area contributed by atoms with Crippen LogP contribution in [0.3, 0.4) is 0 Å². The number of rotatable bonds is 6. The Morgan fingerprint density at radius 2 is 1.91 bits per heavy atom. The maximum absolute atomic E-state index is 10.4. The van der Waals surface area contributed by atoms with E-state index in [9.17, 15) is 10.4 Å². The van der Waals surface area contributed by atoms with Crippen LogP contribution in [0.1, 0.15) is 0 Å². The highest BCUT2D eigenvalue weighted by Gasteiger charge is 1.88. The molecule has 0 aliphatic rings. The molecule has 0 saturated carbocycles. The van der Waals surface area contributed by atoms with Crippen LogP contribution in [0, 0.1) is 10.4 Å². The van der Waals surface area contributed by atoms with Crippen molar-refractivity contribution in [2.75, 3.05) is 27.3 Å². The molecule has 0 rings (SSSR count). The Labute approximate surface area is 64.5 Å². The molecule has 0 spiro atoms. The van der Waals surface area contributed by atoms with Gasteiger partial charge in [-0.05, 0) is 0 Å². The lowest BCUT2D eigenvalue weighted by atomic mass is 10.7. The van der Waals surface area contributed by atoms with Crippen molar-refractivity contribution in [1.29, 1.82) is 0 Å². The second-order valence-electron chi connectivity index (χ2n) is 1.59. The third kappa shape index (κ3) is 6.13. The van der Waals surface area contributed by atoms with Gasteiger partial charge in [0.25, 0.3) is 0 Å². The molecule has 0 radical (unpaired) electrons. The molecule has 0 amide bonds. The summed E-state index contributed by atoms with van der Waals surface area (Å²) in [6, 6.07) is 0. The molecule has 0 aromatic carbocycles. The zero-order valence-corrected chi connectivity index (χ0v) is 6.44. The SMILES string of the molecule is CON([O-])CCNN([O-])OC. The molecule has 0 atom stereocenters. The van der Waals surface area contributed by atoms with Gasteiger partial charge in [-0.25, -0.2) is 5.43 Å². The van der Waals surface area contributed by atoms with Crippen molar-refractivity contribution in [3.63, 3.8) is 0 Å². The van der Waals surface area contributed by atoms with Gasteiger partial charge in [0, 0.05) is 13.1 Å². The van der Waals surface area contributed by atoms with Crippen LogP contribution in [0.25, 0.3) is 0 Å². The number of nitrogens with one attached hydrogen (secondary N) is 1. The summed E-state index contributed by atoms with van der Waals surface area (Å²) in [6.07, 6.45) is 0. The Balaban J connectivity index is 3.13. The number of hydrogen-bond donors (Lipinski definition) is 1. The van der Waals surface area contributed by atoms with Crippen molar-refractivity contribution in [2.24, 2.45) is 0 Å². The largest absolute Gasteiger partial charge is 0.762 e. The fraction of sp³-hybridized carbons (Fsp3) is 1.00. The standard InChI is InChI=1S/C4H11N3O4/c1-10-6(8)4-3-5-7(9)11-2/h5H,3-4H2,1-2H3/q-2. The van der Waals surface area contributed by atoms with E-state index in [-0.39, 0.29) is 18.4 Å². The minimum atomic E-state index is 0.0542. The van der Waals surface area contributed by atoms with Gasteiger partial charge in [0.2, 0.25) is 0 Å². The van der Waals surface area contributed by atoms with E-state index in [1.165, 1.54) is 14.2 Å². The zero-order valence-electron chi connectivity index (χ0n) is 6.44. The van der Waals surface area contributed by atoms with Crippen LogP contribution in [0.15, 0.2) is 0 Å². The summed E-state index contributed by atoms with van der Waals surface area (Å²) >= 11 is 0. The van der Waals surface area contributed by atoms with Gasteiger partial charge < -0.3 is 15.3 Å². The first kappa shape index (κ1) is 10.7. The fourth-order valence-electron chi connectivity index (χ4n) is 0.388. The van der Waals surface area contributed by atoms with Crippen molar-refractivity contribution in [1.82, 2.24) is 16.0 Å². The molecule has 0 saturated heterocycles. The minimum Gasteiger partial charge on any atom is -0.762 e. The predicted octanol–water partition coefficient (Wildman–Crippen LogP) is -0.787. The van der Waals surface area contributed by atoms with Gasteiger partial charge >= 0.3 is 0 Å². The third-order valence-corrected chi connectivity index (χ3v) is 0.905. The number of hydrazine groups is 1.